The Morgan fingerprint density at radius 3 is 2.62 bits per heavy atom. The highest BCUT2D eigenvalue weighted by Crippen LogP contribution is 2.21. The van der Waals surface area contributed by atoms with Crippen molar-refractivity contribution in [3.63, 3.8) is 0 Å². The lowest BCUT2D eigenvalue weighted by molar-refractivity contribution is 0.513. The Hall–Kier alpha value is -0.990. The summed E-state index contributed by atoms with van der Waals surface area (Å²) in [5, 5.41) is 1.12. The number of hydrogen-bond donors (Lipinski definition) is 1. The predicted octanol–water partition coefficient (Wildman–Crippen LogP) is 2.87. The van der Waals surface area contributed by atoms with E-state index < -0.39 is 0 Å². The number of benzene rings is 1. The summed E-state index contributed by atoms with van der Waals surface area (Å²) in [7, 11) is 0. The minimum absolute atomic E-state index is 0. The van der Waals surface area contributed by atoms with Gasteiger partial charge in [0.2, 0.25) is 0 Å². The average Bonchev–Trinajstić information content (AvgIpc) is 2.46. The standard InChI is InChI=1S/C10H11NO.ClH/c1-7(11)10-6-8-4-2-3-5-9(8)12-10;/h2-7H,11H2,1H3;1H/t7-;/m0./s1. The van der Waals surface area contributed by atoms with Crippen molar-refractivity contribution in [2.24, 2.45) is 5.73 Å². The Kier molecular flexibility index (Phi) is 2.96. The third kappa shape index (κ3) is 1.85. The number of hydrogen-bond acceptors (Lipinski definition) is 2. The first-order valence-electron chi connectivity index (χ1n) is 4.01. The summed E-state index contributed by atoms with van der Waals surface area (Å²) in [5.41, 5.74) is 6.59. The predicted molar refractivity (Wildman–Crippen MR) is 56.1 cm³/mol. The molecular formula is C10H12ClNO. The van der Waals surface area contributed by atoms with E-state index in [0.29, 0.717) is 0 Å². The van der Waals surface area contributed by atoms with Gasteiger partial charge in [0.1, 0.15) is 11.3 Å². The molecule has 1 aromatic carbocycles. The summed E-state index contributed by atoms with van der Waals surface area (Å²) in [6.45, 7) is 1.91. The van der Waals surface area contributed by atoms with Crippen LogP contribution < -0.4 is 5.73 Å². The highest BCUT2D eigenvalue weighted by molar-refractivity contribution is 5.85. The number of nitrogens with two attached hydrogens (primary N) is 1. The van der Waals surface area contributed by atoms with Crippen molar-refractivity contribution in [2.45, 2.75) is 13.0 Å². The molecule has 0 spiro atoms. The number of rotatable bonds is 1. The van der Waals surface area contributed by atoms with E-state index in [4.69, 9.17) is 10.2 Å². The normalized spacial score (nSPS) is 12.5. The van der Waals surface area contributed by atoms with Crippen LogP contribution in [0.4, 0.5) is 0 Å². The van der Waals surface area contributed by atoms with Crippen molar-refractivity contribution < 1.29 is 4.42 Å². The van der Waals surface area contributed by atoms with Crippen molar-refractivity contribution in [3.8, 4) is 0 Å². The van der Waals surface area contributed by atoms with Crippen LogP contribution in [0.2, 0.25) is 0 Å². The third-order valence-electron chi connectivity index (χ3n) is 1.89. The molecule has 2 N–H and O–H groups in total. The molecule has 0 unspecified atom stereocenters. The van der Waals surface area contributed by atoms with Crippen molar-refractivity contribution in [3.05, 3.63) is 36.1 Å². The fraction of sp³-hybridized carbons (Fsp3) is 0.200. The van der Waals surface area contributed by atoms with Gasteiger partial charge in [-0.05, 0) is 19.1 Å². The van der Waals surface area contributed by atoms with Crippen LogP contribution in [0.5, 0.6) is 0 Å². The molecule has 0 amide bonds. The fourth-order valence-electron chi connectivity index (χ4n) is 1.23. The van der Waals surface area contributed by atoms with Gasteiger partial charge in [0.05, 0.1) is 6.04 Å². The SMILES string of the molecule is C[C@H](N)c1cc2ccccc2o1.Cl. The van der Waals surface area contributed by atoms with Crippen LogP contribution in [-0.4, -0.2) is 0 Å². The average molecular weight is 198 g/mol. The molecule has 1 heterocycles. The topological polar surface area (TPSA) is 39.2 Å². The quantitative estimate of drug-likeness (QED) is 0.764. The molecule has 2 aromatic rings. The smallest absolute Gasteiger partial charge is 0.134 e. The maximum Gasteiger partial charge on any atom is 0.134 e. The van der Waals surface area contributed by atoms with Gasteiger partial charge in [-0.1, -0.05) is 18.2 Å². The highest BCUT2D eigenvalue weighted by atomic mass is 35.5. The zero-order valence-electron chi connectivity index (χ0n) is 7.36. The van der Waals surface area contributed by atoms with E-state index in [0.717, 1.165) is 16.7 Å². The van der Waals surface area contributed by atoms with E-state index in [1.54, 1.807) is 0 Å². The van der Waals surface area contributed by atoms with Gasteiger partial charge >= 0.3 is 0 Å². The number of halogens is 1. The van der Waals surface area contributed by atoms with Crippen molar-refractivity contribution in [1.29, 1.82) is 0 Å². The molecule has 70 valence electrons. The highest BCUT2D eigenvalue weighted by Gasteiger charge is 2.05. The Labute approximate surface area is 83.1 Å². The second-order valence-electron chi connectivity index (χ2n) is 2.98. The fourth-order valence-corrected chi connectivity index (χ4v) is 1.23. The van der Waals surface area contributed by atoms with Gasteiger partial charge in [-0.25, -0.2) is 0 Å². The third-order valence-corrected chi connectivity index (χ3v) is 1.89. The first-order valence-corrected chi connectivity index (χ1v) is 4.01. The Bertz CT molecular complexity index is 361. The molecule has 0 bridgehead atoms. The summed E-state index contributed by atoms with van der Waals surface area (Å²) >= 11 is 0. The molecule has 0 aliphatic rings. The van der Waals surface area contributed by atoms with E-state index in [1.807, 2.05) is 37.3 Å². The molecule has 0 aliphatic carbocycles. The second-order valence-corrected chi connectivity index (χ2v) is 2.98. The van der Waals surface area contributed by atoms with E-state index in [-0.39, 0.29) is 18.4 Å². The minimum Gasteiger partial charge on any atom is -0.459 e. The van der Waals surface area contributed by atoms with Crippen LogP contribution in [0.15, 0.2) is 34.7 Å². The summed E-state index contributed by atoms with van der Waals surface area (Å²) in [5.74, 6) is 0.844. The molecule has 0 saturated carbocycles. The molecule has 0 radical (unpaired) electrons. The molecule has 0 saturated heterocycles. The van der Waals surface area contributed by atoms with Crippen LogP contribution in [0.25, 0.3) is 11.0 Å². The molecule has 3 heteroatoms. The van der Waals surface area contributed by atoms with Crippen molar-refractivity contribution in [1.82, 2.24) is 0 Å². The first kappa shape index (κ1) is 10.1. The summed E-state index contributed by atoms with van der Waals surface area (Å²) in [6.07, 6.45) is 0. The maximum absolute atomic E-state index is 5.68. The van der Waals surface area contributed by atoms with Gasteiger partial charge in [0.25, 0.3) is 0 Å². The lowest BCUT2D eigenvalue weighted by Gasteiger charge is -1.96. The van der Waals surface area contributed by atoms with E-state index in [1.165, 1.54) is 0 Å². The zero-order chi connectivity index (χ0) is 8.55. The van der Waals surface area contributed by atoms with Crippen LogP contribution >= 0.6 is 12.4 Å². The van der Waals surface area contributed by atoms with Gasteiger partial charge in [0, 0.05) is 5.39 Å². The molecule has 1 atom stereocenters. The molecule has 2 nitrogen and oxygen atoms in total. The Morgan fingerprint density at radius 2 is 2.00 bits per heavy atom. The van der Waals surface area contributed by atoms with Crippen LogP contribution in [-0.2, 0) is 0 Å². The molecule has 0 fully saturated rings. The van der Waals surface area contributed by atoms with E-state index >= 15 is 0 Å². The summed E-state index contributed by atoms with van der Waals surface area (Å²) < 4.78 is 5.50. The van der Waals surface area contributed by atoms with Crippen molar-refractivity contribution >= 4 is 23.4 Å². The summed E-state index contributed by atoms with van der Waals surface area (Å²) in [6, 6.07) is 9.86. The summed E-state index contributed by atoms with van der Waals surface area (Å²) in [4.78, 5) is 0. The van der Waals surface area contributed by atoms with Gasteiger partial charge in [0.15, 0.2) is 0 Å². The Balaban J connectivity index is 0.000000845. The van der Waals surface area contributed by atoms with E-state index in [9.17, 15) is 0 Å². The first-order chi connectivity index (χ1) is 5.77. The molecule has 0 aliphatic heterocycles. The lowest BCUT2D eigenvalue weighted by atomic mass is 10.2. The molecule has 13 heavy (non-hydrogen) atoms. The van der Waals surface area contributed by atoms with Crippen LogP contribution in [0.3, 0.4) is 0 Å². The zero-order valence-corrected chi connectivity index (χ0v) is 8.17. The van der Waals surface area contributed by atoms with Gasteiger partial charge < -0.3 is 10.2 Å². The maximum atomic E-state index is 5.68. The monoisotopic (exact) mass is 197 g/mol. The number of para-hydroxylation sites is 1. The van der Waals surface area contributed by atoms with Crippen molar-refractivity contribution in [2.75, 3.05) is 0 Å². The van der Waals surface area contributed by atoms with Gasteiger partial charge in [-0.15, -0.1) is 12.4 Å². The molecular weight excluding hydrogens is 186 g/mol. The molecule has 2 rings (SSSR count). The van der Waals surface area contributed by atoms with Crippen LogP contribution in [0.1, 0.15) is 18.7 Å². The largest absolute Gasteiger partial charge is 0.459 e. The number of fused-ring (bicyclic) bond motifs is 1. The van der Waals surface area contributed by atoms with Gasteiger partial charge in [-0.2, -0.15) is 0 Å². The number of furan rings is 1. The molecule has 1 aromatic heterocycles. The van der Waals surface area contributed by atoms with E-state index in [2.05, 4.69) is 0 Å². The minimum atomic E-state index is -0.0302. The second kappa shape index (κ2) is 3.81. The Morgan fingerprint density at radius 1 is 1.31 bits per heavy atom. The lowest BCUT2D eigenvalue weighted by Crippen LogP contribution is -2.02. The van der Waals surface area contributed by atoms with Crippen LogP contribution in [0, 0.1) is 0 Å². The van der Waals surface area contributed by atoms with Gasteiger partial charge in [-0.3, -0.25) is 0 Å².